The maximum atomic E-state index is 11.9. The van der Waals surface area contributed by atoms with Gasteiger partial charge in [-0.3, -0.25) is 18.7 Å². The van der Waals surface area contributed by atoms with Gasteiger partial charge < -0.3 is 9.88 Å². The lowest BCUT2D eigenvalue weighted by molar-refractivity contribution is -0.113. The summed E-state index contributed by atoms with van der Waals surface area (Å²) in [5.41, 5.74) is -0.979. The van der Waals surface area contributed by atoms with Gasteiger partial charge in [0.25, 0.3) is 5.56 Å². The Kier molecular flexibility index (Phi) is 4.26. The SMILES string of the molecule is Cn1cnnc1SCC(=O)Nc1cc(=O)n(C)c(=O)n1C. The van der Waals surface area contributed by atoms with Crippen LogP contribution in [0, 0.1) is 0 Å². The number of anilines is 1. The molecule has 21 heavy (non-hydrogen) atoms. The summed E-state index contributed by atoms with van der Waals surface area (Å²) in [4.78, 5) is 35.1. The van der Waals surface area contributed by atoms with Gasteiger partial charge >= 0.3 is 5.69 Å². The number of hydrogen-bond donors (Lipinski definition) is 1. The monoisotopic (exact) mass is 310 g/mol. The van der Waals surface area contributed by atoms with E-state index in [1.165, 1.54) is 42.8 Å². The van der Waals surface area contributed by atoms with E-state index in [1.54, 1.807) is 11.6 Å². The van der Waals surface area contributed by atoms with E-state index in [2.05, 4.69) is 15.5 Å². The first-order valence-electron chi connectivity index (χ1n) is 5.94. The van der Waals surface area contributed by atoms with Crippen LogP contribution in [0.15, 0.2) is 27.1 Å². The molecule has 0 aliphatic heterocycles. The minimum absolute atomic E-state index is 0.0932. The van der Waals surface area contributed by atoms with E-state index in [0.717, 1.165) is 4.57 Å². The number of nitrogens with one attached hydrogen (secondary N) is 1. The summed E-state index contributed by atoms with van der Waals surface area (Å²) >= 11 is 1.21. The third-order valence-electron chi connectivity index (χ3n) is 2.80. The molecule has 0 saturated heterocycles. The number of carbonyl (C=O) groups is 1. The molecule has 0 unspecified atom stereocenters. The van der Waals surface area contributed by atoms with Crippen molar-refractivity contribution in [3.8, 4) is 0 Å². The molecule has 0 atom stereocenters. The van der Waals surface area contributed by atoms with Crippen molar-refractivity contribution in [1.82, 2.24) is 23.9 Å². The number of amides is 1. The van der Waals surface area contributed by atoms with E-state index in [-0.39, 0.29) is 17.5 Å². The number of hydrogen-bond acceptors (Lipinski definition) is 6. The number of rotatable bonds is 4. The fourth-order valence-corrected chi connectivity index (χ4v) is 2.25. The smallest absolute Gasteiger partial charge is 0.312 e. The van der Waals surface area contributed by atoms with E-state index in [4.69, 9.17) is 0 Å². The van der Waals surface area contributed by atoms with E-state index in [0.29, 0.717) is 5.16 Å². The lowest BCUT2D eigenvalue weighted by Gasteiger charge is -2.10. The molecule has 2 heterocycles. The summed E-state index contributed by atoms with van der Waals surface area (Å²) < 4.78 is 3.85. The zero-order valence-electron chi connectivity index (χ0n) is 11.7. The summed E-state index contributed by atoms with van der Waals surface area (Å²) in [5.74, 6) is -0.0893. The van der Waals surface area contributed by atoms with Crippen molar-refractivity contribution in [3.63, 3.8) is 0 Å². The molecule has 0 aliphatic carbocycles. The van der Waals surface area contributed by atoms with Gasteiger partial charge in [-0.2, -0.15) is 0 Å². The molecule has 0 saturated carbocycles. The maximum Gasteiger partial charge on any atom is 0.332 e. The van der Waals surface area contributed by atoms with E-state index < -0.39 is 11.2 Å². The number of carbonyl (C=O) groups excluding carboxylic acids is 1. The number of aromatic nitrogens is 5. The number of thioether (sulfide) groups is 1. The van der Waals surface area contributed by atoms with Gasteiger partial charge in [-0.15, -0.1) is 10.2 Å². The van der Waals surface area contributed by atoms with Crippen LogP contribution in [0.2, 0.25) is 0 Å². The van der Waals surface area contributed by atoms with Crippen molar-refractivity contribution in [2.24, 2.45) is 21.1 Å². The first-order valence-corrected chi connectivity index (χ1v) is 6.92. The predicted octanol–water partition coefficient (Wildman–Crippen LogP) is -1.06. The van der Waals surface area contributed by atoms with Gasteiger partial charge in [-0.25, -0.2) is 4.79 Å². The van der Waals surface area contributed by atoms with Gasteiger partial charge in [0.1, 0.15) is 12.1 Å². The summed E-state index contributed by atoms with van der Waals surface area (Å²) in [6, 6.07) is 1.20. The molecule has 2 rings (SSSR count). The second-order valence-corrected chi connectivity index (χ2v) is 5.27. The predicted molar refractivity (Wildman–Crippen MR) is 77.3 cm³/mol. The molecule has 2 aromatic heterocycles. The third-order valence-corrected chi connectivity index (χ3v) is 3.83. The Hall–Kier alpha value is -2.36. The Morgan fingerprint density at radius 1 is 1.29 bits per heavy atom. The van der Waals surface area contributed by atoms with Crippen LogP contribution in [0.4, 0.5) is 5.82 Å². The highest BCUT2D eigenvalue weighted by Gasteiger charge is 2.11. The number of nitrogens with zero attached hydrogens (tertiary/aromatic N) is 5. The molecule has 0 spiro atoms. The van der Waals surface area contributed by atoms with Crippen molar-refractivity contribution in [2.75, 3.05) is 11.1 Å². The zero-order valence-corrected chi connectivity index (χ0v) is 12.5. The normalized spacial score (nSPS) is 10.6. The van der Waals surface area contributed by atoms with Crippen LogP contribution in [0.5, 0.6) is 0 Å². The van der Waals surface area contributed by atoms with Crippen molar-refractivity contribution < 1.29 is 4.79 Å². The maximum absolute atomic E-state index is 11.9. The van der Waals surface area contributed by atoms with Gasteiger partial charge in [0.15, 0.2) is 5.16 Å². The van der Waals surface area contributed by atoms with Gasteiger partial charge in [-0.05, 0) is 0 Å². The molecule has 0 aliphatic rings. The third kappa shape index (κ3) is 3.21. The molecule has 10 heteroatoms. The second-order valence-electron chi connectivity index (χ2n) is 4.33. The quantitative estimate of drug-likeness (QED) is 0.722. The topological polar surface area (TPSA) is 104 Å². The van der Waals surface area contributed by atoms with Crippen molar-refractivity contribution in [3.05, 3.63) is 33.2 Å². The fraction of sp³-hybridized carbons (Fsp3) is 0.364. The van der Waals surface area contributed by atoms with Crippen LogP contribution in [-0.2, 0) is 25.9 Å². The molecule has 0 aromatic carbocycles. The van der Waals surface area contributed by atoms with Crippen LogP contribution < -0.4 is 16.6 Å². The van der Waals surface area contributed by atoms with Crippen molar-refractivity contribution >= 4 is 23.5 Å². The van der Waals surface area contributed by atoms with Crippen molar-refractivity contribution in [2.45, 2.75) is 5.16 Å². The molecule has 0 bridgehead atoms. The fourth-order valence-electron chi connectivity index (χ4n) is 1.57. The van der Waals surface area contributed by atoms with Crippen LogP contribution in [-0.4, -0.2) is 35.6 Å². The minimum Gasteiger partial charge on any atom is -0.312 e. The standard InChI is InChI=1S/C11H14N6O3S/c1-15-6-12-14-10(15)21-5-8(18)13-7-4-9(19)17(3)11(20)16(7)2/h4,6H,5H2,1-3H3,(H,13,18). The molecule has 9 nitrogen and oxygen atoms in total. The molecule has 0 fully saturated rings. The lowest BCUT2D eigenvalue weighted by atomic mass is 10.5. The first kappa shape index (κ1) is 15.0. The van der Waals surface area contributed by atoms with E-state index in [9.17, 15) is 14.4 Å². The Morgan fingerprint density at radius 2 is 2.00 bits per heavy atom. The summed E-state index contributed by atoms with van der Waals surface area (Å²) in [6.07, 6.45) is 1.53. The molecule has 2 aromatic rings. The summed E-state index contributed by atoms with van der Waals surface area (Å²) in [7, 11) is 4.62. The highest BCUT2D eigenvalue weighted by Crippen LogP contribution is 2.13. The summed E-state index contributed by atoms with van der Waals surface area (Å²) in [5, 5.41) is 10.7. The van der Waals surface area contributed by atoms with E-state index in [1.807, 2.05) is 0 Å². The molecule has 1 amide bonds. The van der Waals surface area contributed by atoms with Crippen molar-refractivity contribution in [1.29, 1.82) is 0 Å². The average Bonchev–Trinajstić information content (AvgIpc) is 2.85. The van der Waals surface area contributed by atoms with Crippen LogP contribution in [0.25, 0.3) is 0 Å². The molecular formula is C11H14N6O3S. The molecule has 112 valence electrons. The minimum atomic E-state index is -0.501. The molecule has 0 radical (unpaired) electrons. The highest BCUT2D eigenvalue weighted by atomic mass is 32.2. The van der Waals surface area contributed by atoms with Crippen LogP contribution >= 0.6 is 11.8 Å². The van der Waals surface area contributed by atoms with Gasteiger partial charge in [0, 0.05) is 27.2 Å². The number of aryl methyl sites for hydroxylation is 1. The second kappa shape index (κ2) is 5.95. The Labute approximate surface area is 123 Å². The highest BCUT2D eigenvalue weighted by molar-refractivity contribution is 7.99. The van der Waals surface area contributed by atoms with Crippen LogP contribution in [0.1, 0.15) is 0 Å². The first-order chi connectivity index (χ1) is 9.90. The summed E-state index contributed by atoms with van der Waals surface area (Å²) in [6.45, 7) is 0. The molecule has 1 N–H and O–H groups in total. The zero-order chi connectivity index (χ0) is 15.6. The van der Waals surface area contributed by atoms with Gasteiger partial charge in [-0.1, -0.05) is 11.8 Å². The van der Waals surface area contributed by atoms with Gasteiger partial charge in [0.2, 0.25) is 5.91 Å². The Morgan fingerprint density at radius 3 is 2.62 bits per heavy atom. The Bertz CT molecular complexity index is 790. The Balaban J connectivity index is 2.09. The lowest BCUT2D eigenvalue weighted by Crippen LogP contribution is -2.38. The van der Waals surface area contributed by atoms with E-state index >= 15 is 0 Å². The average molecular weight is 310 g/mol. The largest absolute Gasteiger partial charge is 0.332 e. The van der Waals surface area contributed by atoms with Gasteiger partial charge in [0.05, 0.1) is 5.75 Å². The molecular weight excluding hydrogens is 296 g/mol. The van der Waals surface area contributed by atoms with Crippen LogP contribution in [0.3, 0.4) is 0 Å².